The number of nitrogens with zero attached hydrogens (tertiary/aromatic N) is 1. The largest absolute Gasteiger partial charge is 0.478 e. The Morgan fingerprint density at radius 3 is 2.55 bits per heavy atom. The molecule has 0 radical (unpaired) electrons. The van der Waals surface area contributed by atoms with Gasteiger partial charge in [-0.25, -0.2) is 4.79 Å². The van der Waals surface area contributed by atoms with Gasteiger partial charge in [-0.15, -0.1) is 0 Å². The second kappa shape index (κ2) is 8.35. The molecule has 1 aromatic rings. The van der Waals surface area contributed by atoms with Crippen LogP contribution in [-0.2, 0) is 11.2 Å². The van der Waals surface area contributed by atoms with Crippen LogP contribution in [0.25, 0.3) is 0 Å². The molecule has 0 aromatic heterocycles. The number of carboxylic acids is 1. The number of unbranched alkanes of at least 4 members (excludes halogenated alkanes) is 2. The summed E-state index contributed by atoms with van der Waals surface area (Å²) in [7, 11) is 1.78. The van der Waals surface area contributed by atoms with Gasteiger partial charge in [0.1, 0.15) is 0 Å². The van der Waals surface area contributed by atoms with E-state index in [2.05, 4.69) is 6.92 Å². The molecule has 1 N–H and O–H groups in total. The zero-order chi connectivity index (χ0) is 15.0. The molecule has 1 amide bonds. The maximum Gasteiger partial charge on any atom is 0.335 e. The van der Waals surface area contributed by atoms with Gasteiger partial charge in [0, 0.05) is 20.0 Å². The third-order valence-corrected chi connectivity index (χ3v) is 3.38. The first-order valence-electron chi connectivity index (χ1n) is 7.11. The van der Waals surface area contributed by atoms with Crippen molar-refractivity contribution in [2.75, 3.05) is 13.6 Å². The Labute approximate surface area is 120 Å². The zero-order valence-corrected chi connectivity index (χ0v) is 12.3. The van der Waals surface area contributed by atoms with Gasteiger partial charge in [-0.05, 0) is 24.5 Å². The molecule has 4 heteroatoms. The minimum Gasteiger partial charge on any atom is -0.478 e. The Kier molecular flexibility index (Phi) is 6.77. The topological polar surface area (TPSA) is 57.6 Å². The minimum absolute atomic E-state index is 0.131. The van der Waals surface area contributed by atoms with Crippen LogP contribution in [0.1, 0.15) is 48.5 Å². The number of carbonyl (C=O) groups excluding carboxylic acids is 1. The highest BCUT2D eigenvalue weighted by Gasteiger charge is 2.12. The van der Waals surface area contributed by atoms with Crippen molar-refractivity contribution >= 4 is 11.9 Å². The number of carboxylic acid groups (broad SMARTS) is 1. The summed E-state index contributed by atoms with van der Waals surface area (Å²) in [6.45, 7) is 2.66. The summed E-state index contributed by atoms with van der Waals surface area (Å²) in [5, 5.41) is 9.10. The summed E-state index contributed by atoms with van der Waals surface area (Å²) >= 11 is 0. The molecule has 0 bridgehead atoms. The van der Waals surface area contributed by atoms with Gasteiger partial charge < -0.3 is 10.0 Å². The number of amides is 1. The van der Waals surface area contributed by atoms with Gasteiger partial charge in [-0.1, -0.05) is 38.0 Å². The molecule has 0 saturated heterocycles. The predicted octanol–water partition coefficient (Wildman–Crippen LogP) is 2.97. The van der Waals surface area contributed by atoms with Gasteiger partial charge in [0.15, 0.2) is 0 Å². The molecule has 0 aliphatic rings. The van der Waals surface area contributed by atoms with Crippen LogP contribution in [0.3, 0.4) is 0 Å². The van der Waals surface area contributed by atoms with E-state index in [-0.39, 0.29) is 5.91 Å². The van der Waals surface area contributed by atoms with Gasteiger partial charge >= 0.3 is 5.97 Å². The highest BCUT2D eigenvalue weighted by atomic mass is 16.4. The van der Waals surface area contributed by atoms with Crippen LogP contribution >= 0.6 is 0 Å². The fourth-order valence-corrected chi connectivity index (χ4v) is 2.08. The first kappa shape index (κ1) is 16.2. The lowest BCUT2D eigenvalue weighted by atomic mass is 10.0. The second-order valence-corrected chi connectivity index (χ2v) is 4.98. The SMILES string of the molecule is CCCCCC(=O)N(C)CCc1ccccc1C(=O)O. The Morgan fingerprint density at radius 2 is 1.90 bits per heavy atom. The average molecular weight is 277 g/mol. The van der Waals surface area contributed by atoms with Gasteiger partial charge in [0.2, 0.25) is 5.91 Å². The maximum atomic E-state index is 11.9. The van der Waals surface area contributed by atoms with E-state index in [9.17, 15) is 9.59 Å². The minimum atomic E-state index is -0.919. The lowest BCUT2D eigenvalue weighted by Gasteiger charge is -2.17. The van der Waals surface area contributed by atoms with Gasteiger partial charge in [0.25, 0.3) is 0 Å². The van der Waals surface area contributed by atoms with E-state index in [1.165, 1.54) is 0 Å². The first-order valence-corrected chi connectivity index (χ1v) is 7.11. The molecule has 1 rings (SSSR count). The standard InChI is InChI=1S/C16H23NO3/c1-3-4-5-10-15(18)17(2)12-11-13-8-6-7-9-14(13)16(19)20/h6-9H,3-5,10-12H2,1-2H3,(H,19,20). The third kappa shape index (κ3) is 5.03. The Balaban J connectivity index is 2.50. The van der Waals surface area contributed by atoms with E-state index in [0.717, 1.165) is 24.8 Å². The summed E-state index contributed by atoms with van der Waals surface area (Å²) in [5.41, 5.74) is 1.09. The highest BCUT2D eigenvalue weighted by molar-refractivity contribution is 5.89. The quantitative estimate of drug-likeness (QED) is 0.743. The van der Waals surface area contributed by atoms with E-state index in [0.29, 0.717) is 24.9 Å². The lowest BCUT2D eigenvalue weighted by Crippen LogP contribution is -2.28. The molecular formula is C16H23NO3. The summed E-state index contributed by atoms with van der Waals surface area (Å²) < 4.78 is 0. The van der Waals surface area contributed by atoms with Gasteiger partial charge in [0.05, 0.1) is 5.56 Å². The molecule has 0 atom stereocenters. The Morgan fingerprint density at radius 1 is 1.20 bits per heavy atom. The second-order valence-electron chi connectivity index (χ2n) is 4.98. The average Bonchev–Trinajstić information content (AvgIpc) is 2.45. The first-order chi connectivity index (χ1) is 9.56. The number of hydrogen-bond donors (Lipinski definition) is 1. The van der Waals surface area contributed by atoms with Crippen molar-refractivity contribution in [2.45, 2.75) is 39.0 Å². The molecule has 0 saturated carbocycles. The normalized spacial score (nSPS) is 10.3. The Bertz CT molecular complexity index is 457. The molecule has 1 aromatic carbocycles. The Hall–Kier alpha value is -1.84. The number of likely N-dealkylation sites (N-methyl/N-ethyl adjacent to an activating group) is 1. The smallest absolute Gasteiger partial charge is 0.335 e. The van der Waals surface area contributed by atoms with Crippen LogP contribution in [0.2, 0.25) is 0 Å². The van der Waals surface area contributed by atoms with Crippen molar-refractivity contribution in [3.05, 3.63) is 35.4 Å². The molecule has 0 unspecified atom stereocenters. The van der Waals surface area contributed by atoms with Crippen molar-refractivity contribution in [2.24, 2.45) is 0 Å². The molecule has 0 spiro atoms. The monoisotopic (exact) mass is 277 g/mol. The molecule has 110 valence electrons. The van der Waals surface area contributed by atoms with E-state index in [1.54, 1.807) is 30.1 Å². The number of rotatable bonds is 8. The molecule has 0 aliphatic carbocycles. The lowest BCUT2D eigenvalue weighted by molar-refractivity contribution is -0.130. The number of aromatic carboxylic acids is 1. The van der Waals surface area contributed by atoms with Crippen molar-refractivity contribution in [1.29, 1.82) is 0 Å². The fourth-order valence-electron chi connectivity index (χ4n) is 2.08. The molecule has 0 heterocycles. The van der Waals surface area contributed by atoms with Crippen LogP contribution in [0.5, 0.6) is 0 Å². The predicted molar refractivity (Wildman–Crippen MR) is 78.9 cm³/mol. The van der Waals surface area contributed by atoms with E-state index in [4.69, 9.17) is 5.11 Å². The number of carbonyl (C=O) groups is 2. The molecule has 0 aliphatic heterocycles. The van der Waals surface area contributed by atoms with Crippen molar-refractivity contribution < 1.29 is 14.7 Å². The molecule has 0 fully saturated rings. The molecular weight excluding hydrogens is 254 g/mol. The molecule has 4 nitrogen and oxygen atoms in total. The molecule has 20 heavy (non-hydrogen) atoms. The summed E-state index contributed by atoms with van der Waals surface area (Å²) in [4.78, 5) is 24.7. The van der Waals surface area contributed by atoms with Crippen molar-refractivity contribution in [1.82, 2.24) is 4.90 Å². The van der Waals surface area contributed by atoms with Crippen LogP contribution < -0.4 is 0 Å². The maximum absolute atomic E-state index is 11.9. The van der Waals surface area contributed by atoms with Crippen LogP contribution in [-0.4, -0.2) is 35.5 Å². The zero-order valence-electron chi connectivity index (χ0n) is 12.3. The van der Waals surface area contributed by atoms with Crippen LogP contribution in [0.15, 0.2) is 24.3 Å². The number of hydrogen-bond acceptors (Lipinski definition) is 2. The van der Waals surface area contributed by atoms with Crippen LogP contribution in [0.4, 0.5) is 0 Å². The van der Waals surface area contributed by atoms with Crippen molar-refractivity contribution in [3.8, 4) is 0 Å². The van der Waals surface area contributed by atoms with Crippen molar-refractivity contribution in [3.63, 3.8) is 0 Å². The van der Waals surface area contributed by atoms with E-state index >= 15 is 0 Å². The summed E-state index contributed by atoms with van der Waals surface area (Å²) in [6, 6.07) is 6.94. The van der Waals surface area contributed by atoms with E-state index < -0.39 is 5.97 Å². The summed E-state index contributed by atoms with van der Waals surface area (Å²) in [6.07, 6.45) is 4.24. The summed E-state index contributed by atoms with van der Waals surface area (Å²) in [5.74, 6) is -0.788. The van der Waals surface area contributed by atoms with Crippen LogP contribution in [0, 0.1) is 0 Å². The third-order valence-electron chi connectivity index (χ3n) is 3.38. The van der Waals surface area contributed by atoms with Gasteiger partial charge in [-0.2, -0.15) is 0 Å². The fraction of sp³-hybridized carbons (Fsp3) is 0.500. The number of benzene rings is 1. The van der Waals surface area contributed by atoms with E-state index in [1.807, 2.05) is 6.07 Å². The van der Waals surface area contributed by atoms with Gasteiger partial charge in [-0.3, -0.25) is 4.79 Å². The highest BCUT2D eigenvalue weighted by Crippen LogP contribution is 2.10.